The number of hydrogen-bond donors (Lipinski definition) is 0. The average Bonchev–Trinajstić information content (AvgIpc) is 2.78. The van der Waals surface area contributed by atoms with Gasteiger partial charge in [0.1, 0.15) is 23.0 Å². The van der Waals surface area contributed by atoms with Gasteiger partial charge in [-0.1, -0.05) is 26.7 Å². The summed E-state index contributed by atoms with van der Waals surface area (Å²) in [6.45, 7) is 6.62. The molecule has 1 aliphatic heterocycles. The normalized spacial score (nSPS) is 18.6. The largest absolute Gasteiger partial charge is 0.494 e. The van der Waals surface area contributed by atoms with Crippen molar-refractivity contribution in [3.63, 3.8) is 0 Å². The van der Waals surface area contributed by atoms with Crippen LogP contribution in [0.4, 0.5) is 0 Å². The molecule has 3 rings (SSSR count). The summed E-state index contributed by atoms with van der Waals surface area (Å²) in [7, 11) is 0. The molecule has 0 aromatic heterocycles. The molecule has 1 aliphatic rings. The highest BCUT2D eigenvalue weighted by Gasteiger charge is 2.31. The summed E-state index contributed by atoms with van der Waals surface area (Å²) in [5.41, 5.74) is 0. The first-order valence-electron chi connectivity index (χ1n) is 10.8. The van der Waals surface area contributed by atoms with E-state index in [1.807, 2.05) is 48.5 Å². The molecule has 2 atom stereocenters. The average molecular weight is 417 g/mol. The van der Waals surface area contributed by atoms with E-state index in [2.05, 4.69) is 13.8 Å². The maximum Gasteiger partial charge on any atom is 0.263 e. The van der Waals surface area contributed by atoms with Crippen LogP contribution >= 0.6 is 0 Å². The molecule has 0 aliphatic carbocycles. The molecular weight excluding hydrogens is 384 g/mol. The topological polar surface area (TPSA) is 55.4 Å². The fraction of sp³-hybridized carbons (Fsp3) is 0.500. The highest BCUT2D eigenvalue weighted by Crippen LogP contribution is 2.25. The number of unbranched alkanes of at least 4 members (excludes halogenated alkanes) is 2. The Labute approximate surface area is 179 Å². The second-order valence-corrected chi connectivity index (χ2v) is 7.06. The minimum Gasteiger partial charge on any atom is -0.494 e. The van der Waals surface area contributed by atoms with E-state index in [-0.39, 0.29) is 0 Å². The van der Waals surface area contributed by atoms with Crippen molar-refractivity contribution in [1.82, 2.24) is 0 Å². The van der Waals surface area contributed by atoms with Gasteiger partial charge in [0.15, 0.2) is 0 Å². The molecule has 2 aromatic carbocycles. The van der Waals surface area contributed by atoms with E-state index < -0.39 is 12.6 Å². The van der Waals surface area contributed by atoms with Gasteiger partial charge in [0.25, 0.3) is 12.6 Å². The van der Waals surface area contributed by atoms with Crippen LogP contribution < -0.4 is 18.9 Å². The van der Waals surface area contributed by atoms with Gasteiger partial charge in [-0.15, -0.1) is 0 Å². The molecular formula is C24H32O6. The number of ether oxygens (including phenoxy) is 6. The van der Waals surface area contributed by atoms with E-state index in [1.165, 1.54) is 0 Å². The molecule has 6 heteroatoms. The van der Waals surface area contributed by atoms with Crippen molar-refractivity contribution in [1.29, 1.82) is 0 Å². The van der Waals surface area contributed by atoms with Crippen LogP contribution in [0.2, 0.25) is 0 Å². The van der Waals surface area contributed by atoms with E-state index in [0.29, 0.717) is 37.9 Å². The van der Waals surface area contributed by atoms with Crippen LogP contribution in [0.5, 0.6) is 23.0 Å². The van der Waals surface area contributed by atoms with E-state index in [0.717, 1.165) is 37.2 Å². The SMILES string of the molecule is CCCCOc1ccc(OC2OCCOC2Oc2ccc(OCCCC)cc2)cc1. The number of benzene rings is 2. The van der Waals surface area contributed by atoms with Crippen LogP contribution in [-0.2, 0) is 9.47 Å². The van der Waals surface area contributed by atoms with E-state index in [9.17, 15) is 0 Å². The molecule has 0 spiro atoms. The fourth-order valence-electron chi connectivity index (χ4n) is 2.83. The lowest BCUT2D eigenvalue weighted by atomic mass is 10.3. The minimum atomic E-state index is -0.661. The Hall–Kier alpha value is -2.44. The van der Waals surface area contributed by atoms with E-state index in [1.54, 1.807) is 0 Å². The molecule has 0 radical (unpaired) electrons. The molecule has 1 saturated heterocycles. The molecule has 0 N–H and O–H groups in total. The summed E-state index contributed by atoms with van der Waals surface area (Å²) < 4.78 is 34.8. The zero-order valence-electron chi connectivity index (χ0n) is 17.9. The highest BCUT2D eigenvalue weighted by molar-refractivity contribution is 5.32. The van der Waals surface area contributed by atoms with Crippen molar-refractivity contribution in [2.45, 2.75) is 52.1 Å². The maximum atomic E-state index is 5.96. The Bertz CT molecular complexity index is 652. The molecule has 6 nitrogen and oxygen atoms in total. The van der Waals surface area contributed by atoms with Crippen LogP contribution in [0.3, 0.4) is 0 Å². The van der Waals surface area contributed by atoms with Crippen molar-refractivity contribution in [3.8, 4) is 23.0 Å². The summed E-state index contributed by atoms with van der Waals surface area (Å²) in [6.07, 6.45) is 2.97. The van der Waals surface area contributed by atoms with Crippen molar-refractivity contribution in [2.75, 3.05) is 26.4 Å². The van der Waals surface area contributed by atoms with Crippen molar-refractivity contribution >= 4 is 0 Å². The first-order chi connectivity index (χ1) is 14.8. The third-order valence-corrected chi connectivity index (χ3v) is 4.55. The molecule has 0 bridgehead atoms. The Balaban J connectivity index is 1.53. The summed E-state index contributed by atoms with van der Waals surface area (Å²) in [5, 5.41) is 0. The number of hydrogen-bond acceptors (Lipinski definition) is 6. The number of rotatable bonds is 12. The Morgan fingerprint density at radius 3 is 1.37 bits per heavy atom. The van der Waals surface area contributed by atoms with Crippen LogP contribution in [0, 0.1) is 0 Å². The van der Waals surface area contributed by atoms with E-state index >= 15 is 0 Å². The molecule has 0 saturated carbocycles. The van der Waals surface area contributed by atoms with Gasteiger partial charge in [-0.3, -0.25) is 0 Å². The minimum absolute atomic E-state index is 0.451. The Morgan fingerprint density at radius 1 is 0.633 bits per heavy atom. The maximum absolute atomic E-state index is 5.96. The fourth-order valence-corrected chi connectivity index (χ4v) is 2.83. The van der Waals surface area contributed by atoms with Gasteiger partial charge in [0, 0.05) is 0 Å². The smallest absolute Gasteiger partial charge is 0.263 e. The summed E-state index contributed by atoms with van der Waals surface area (Å²) in [6, 6.07) is 15.0. The summed E-state index contributed by atoms with van der Waals surface area (Å²) >= 11 is 0. The molecule has 0 amide bonds. The van der Waals surface area contributed by atoms with Crippen molar-refractivity contribution in [3.05, 3.63) is 48.5 Å². The van der Waals surface area contributed by atoms with Gasteiger partial charge in [0.2, 0.25) is 0 Å². The molecule has 2 aromatic rings. The zero-order valence-corrected chi connectivity index (χ0v) is 17.9. The molecule has 1 heterocycles. The van der Waals surface area contributed by atoms with Gasteiger partial charge in [-0.25, -0.2) is 0 Å². The van der Waals surface area contributed by atoms with Gasteiger partial charge >= 0.3 is 0 Å². The first kappa shape index (κ1) is 22.2. The van der Waals surface area contributed by atoms with Gasteiger partial charge < -0.3 is 28.4 Å². The lowest BCUT2D eigenvalue weighted by Gasteiger charge is -2.31. The predicted molar refractivity (Wildman–Crippen MR) is 114 cm³/mol. The molecule has 164 valence electrons. The molecule has 1 fully saturated rings. The van der Waals surface area contributed by atoms with E-state index in [4.69, 9.17) is 28.4 Å². The second kappa shape index (κ2) is 12.3. The van der Waals surface area contributed by atoms with Gasteiger partial charge in [0.05, 0.1) is 26.4 Å². The third-order valence-electron chi connectivity index (χ3n) is 4.55. The zero-order chi connectivity index (χ0) is 21.0. The third kappa shape index (κ3) is 7.11. The Morgan fingerprint density at radius 2 is 1.00 bits per heavy atom. The standard InChI is InChI=1S/C24H32O6/c1-3-5-15-25-19-7-11-21(12-8-19)29-23-24(28-18-17-27-23)30-22-13-9-20(10-14-22)26-16-6-4-2/h7-14,23-24H,3-6,15-18H2,1-2H3. The van der Waals surface area contributed by atoms with Crippen LogP contribution in [0.25, 0.3) is 0 Å². The van der Waals surface area contributed by atoms with Crippen LogP contribution in [0.1, 0.15) is 39.5 Å². The highest BCUT2D eigenvalue weighted by atomic mass is 16.8. The Kier molecular flexibility index (Phi) is 9.12. The summed E-state index contributed by atoms with van der Waals surface area (Å²) in [4.78, 5) is 0. The second-order valence-electron chi connectivity index (χ2n) is 7.06. The predicted octanol–water partition coefficient (Wildman–Crippen LogP) is 5.20. The van der Waals surface area contributed by atoms with Gasteiger partial charge in [-0.05, 0) is 61.4 Å². The quantitative estimate of drug-likeness (QED) is 0.443. The van der Waals surface area contributed by atoms with Crippen molar-refractivity contribution < 1.29 is 28.4 Å². The first-order valence-corrected chi connectivity index (χ1v) is 10.8. The van der Waals surface area contributed by atoms with Crippen LogP contribution in [-0.4, -0.2) is 39.0 Å². The summed E-state index contributed by atoms with van der Waals surface area (Å²) in [5.74, 6) is 2.99. The van der Waals surface area contributed by atoms with Gasteiger partial charge in [-0.2, -0.15) is 0 Å². The monoisotopic (exact) mass is 416 g/mol. The van der Waals surface area contributed by atoms with Crippen LogP contribution in [0.15, 0.2) is 48.5 Å². The lowest BCUT2D eigenvalue weighted by molar-refractivity contribution is -0.271. The molecule has 30 heavy (non-hydrogen) atoms. The molecule has 2 unspecified atom stereocenters. The lowest BCUT2D eigenvalue weighted by Crippen LogP contribution is -2.45. The van der Waals surface area contributed by atoms with Crippen molar-refractivity contribution in [2.24, 2.45) is 0 Å².